The monoisotopic (exact) mass is 316 g/mol. The second-order valence-electron chi connectivity index (χ2n) is 5.28. The molecule has 0 saturated heterocycles. The minimum absolute atomic E-state index is 0.232. The highest BCUT2D eigenvalue weighted by Crippen LogP contribution is 2.23. The maximum Gasteiger partial charge on any atom is 0.237 e. The average molecular weight is 316 g/mol. The molecule has 0 fully saturated rings. The van der Waals surface area contributed by atoms with Crippen LogP contribution in [0.4, 0.5) is 0 Å². The van der Waals surface area contributed by atoms with E-state index in [9.17, 15) is 4.79 Å². The van der Waals surface area contributed by atoms with Crippen molar-refractivity contribution < 1.29 is 4.79 Å². The third-order valence-electron chi connectivity index (χ3n) is 2.96. The zero-order valence-corrected chi connectivity index (χ0v) is 14.2. The Balaban J connectivity index is 2.39. The Hall–Kier alpha value is -0.660. The SMILES string of the molecule is CCc1nsc(SCCCC(C)(NC(C)C)C(N)=O)n1. The summed E-state index contributed by atoms with van der Waals surface area (Å²) < 4.78 is 5.25. The molecule has 1 rings (SSSR count). The molecule has 1 aromatic heterocycles. The normalized spacial score (nSPS) is 14.4. The van der Waals surface area contributed by atoms with E-state index in [-0.39, 0.29) is 11.9 Å². The van der Waals surface area contributed by atoms with Gasteiger partial charge in [0, 0.05) is 18.2 Å². The van der Waals surface area contributed by atoms with Crippen LogP contribution in [0.25, 0.3) is 0 Å². The third kappa shape index (κ3) is 5.38. The van der Waals surface area contributed by atoms with Gasteiger partial charge in [-0.25, -0.2) is 4.98 Å². The largest absolute Gasteiger partial charge is 0.368 e. The molecule has 7 heteroatoms. The van der Waals surface area contributed by atoms with Gasteiger partial charge in [-0.1, -0.05) is 18.7 Å². The van der Waals surface area contributed by atoms with Crippen molar-refractivity contribution in [1.82, 2.24) is 14.7 Å². The summed E-state index contributed by atoms with van der Waals surface area (Å²) in [4.78, 5) is 16.0. The molecule has 1 heterocycles. The van der Waals surface area contributed by atoms with Crippen LogP contribution in [0.3, 0.4) is 0 Å². The number of rotatable bonds is 9. The number of aryl methyl sites for hydroxylation is 1. The number of hydrogen-bond acceptors (Lipinski definition) is 6. The molecule has 5 nitrogen and oxygen atoms in total. The summed E-state index contributed by atoms with van der Waals surface area (Å²) in [5.41, 5.74) is 4.87. The number of aromatic nitrogens is 2. The lowest BCUT2D eigenvalue weighted by atomic mass is 9.94. The molecular weight excluding hydrogens is 292 g/mol. The van der Waals surface area contributed by atoms with Crippen molar-refractivity contribution in [3.63, 3.8) is 0 Å². The maximum absolute atomic E-state index is 11.6. The summed E-state index contributed by atoms with van der Waals surface area (Å²) in [7, 11) is 0. The molecule has 0 saturated carbocycles. The Kier molecular flexibility index (Phi) is 6.91. The summed E-state index contributed by atoms with van der Waals surface area (Å²) in [5.74, 6) is 1.53. The molecule has 0 aliphatic heterocycles. The minimum atomic E-state index is -0.634. The lowest BCUT2D eigenvalue weighted by molar-refractivity contribution is -0.124. The number of nitrogens with zero attached hydrogens (tertiary/aromatic N) is 2. The van der Waals surface area contributed by atoms with Crippen LogP contribution >= 0.6 is 23.3 Å². The van der Waals surface area contributed by atoms with Gasteiger partial charge in [-0.2, -0.15) is 4.37 Å². The van der Waals surface area contributed by atoms with Gasteiger partial charge in [0.2, 0.25) is 5.91 Å². The molecule has 0 aromatic carbocycles. The topological polar surface area (TPSA) is 80.9 Å². The summed E-state index contributed by atoms with van der Waals surface area (Å²) in [6.07, 6.45) is 2.51. The fraction of sp³-hybridized carbons (Fsp3) is 0.769. The predicted molar refractivity (Wildman–Crippen MR) is 85.1 cm³/mol. The van der Waals surface area contributed by atoms with Crippen LogP contribution in [-0.2, 0) is 11.2 Å². The number of amides is 1. The van der Waals surface area contributed by atoms with Crippen LogP contribution in [0.1, 0.15) is 46.4 Å². The third-order valence-corrected chi connectivity index (χ3v) is 4.92. The van der Waals surface area contributed by atoms with E-state index in [4.69, 9.17) is 5.73 Å². The van der Waals surface area contributed by atoms with E-state index in [1.807, 2.05) is 27.7 Å². The Labute approximate surface area is 129 Å². The summed E-state index contributed by atoms with van der Waals surface area (Å²) in [6, 6.07) is 0.232. The van der Waals surface area contributed by atoms with Gasteiger partial charge < -0.3 is 11.1 Å². The van der Waals surface area contributed by atoms with Crippen LogP contribution in [0, 0.1) is 0 Å². The Morgan fingerprint density at radius 2 is 2.25 bits per heavy atom. The Morgan fingerprint density at radius 1 is 1.55 bits per heavy atom. The van der Waals surface area contributed by atoms with E-state index >= 15 is 0 Å². The minimum Gasteiger partial charge on any atom is -0.368 e. The second kappa shape index (κ2) is 7.95. The molecule has 1 amide bonds. The molecule has 20 heavy (non-hydrogen) atoms. The van der Waals surface area contributed by atoms with E-state index in [1.165, 1.54) is 11.5 Å². The molecule has 0 aliphatic rings. The first kappa shape index (κ1) is 17.4. The first-order chi connectivity index (χ1) is 9.37. The van der Waals surface area contributed by atoms with Crippen molar-refractivity contribution in [2.24, 2.45) is 5.73 Å². The highest BCUT2D eigenvalue weighted by Gasteiger charge is 2.30. The molecule has 1 unspecified atom stereocenters. The number of carbonyl (C=O) groups is 1. The number of hydrogen-bond donors (Lipinski definition) is 2. The Morgan fingerprint density at radius 3 is 2.75 bits per heavy atom. The van der Waals surface area contributed by atoms with Crippen LogP contribution in [0.15, 0.2) is 4.34 Å². The second-order valence-corrected chi connectivity index (χ2v) is 7.37. The number of thioether (sulfide) groups is 1. The highest BCUT2D eigenvalue weighted by atomic mass is 32.2. The van der Waals surface area contributed by atoms with Crippen molar-refractivity contribution in [1.29, 1.82) is 0 Å². The van der Waals surface area contributed by atoms with Crippen LogP contribution < -0.4 is 11.1 Å². The van der Waals surface area contributed by atoms with Gasteiger partial charge in [0.25, 0.3) is 0 Å². The quantitative estimate of drug-likeness (QED) is 0.539. The average Bonchev–Trinajstić information content (AvgIpc) is 2.81. The van der Waals surface area contributed by atoms with Crippen molar-refractivity contribution in [3.05, 3.63) is 5.82 Å². The first-order valence-corrected chi connectivity index (χ1v) is 8.66. The van der Waals surface area contributed by atoms with E-state index in [2.05, 4.69) is 14.7 Å². The number of nitrogens with one attached hydrogen (secondary N) is 1. The van der Waals surface area contributed by atoms with Crippen LogP contribution in [-0.4, -0.2) is 32.6 Å². The van der Waals surface area contributed by atoms with Crippen LogP contribution in [0.2, 0.25) is 0 Å². The summed E-state index contributed by atoms with van der Waals surface area (Å²) in [5, 5.41) is 3.26. The molecule has 1 atom stereocenters. The standard InChI is InChI=1S/C13H24N4OS2/c1-5-10-15-12(20-17-10)19-8-6-7-13(4,11(14)18)16-9(2)3/h9,16H,5-8H2,1-4H3,(H2,14,18). The fourth-order valence-electron chi connectivity index (χ4n) is 1.93. The van der Waals surface area contributed by atoms with E-state index in [0.29, 0.717) is 0 Å². The molecule has 3 N–H and O–H groups in total. The van der Waals surface area contributed by atoms with Gasteiger partial charge in [-0.15, -0.1) is 0 Å². The number of nitrogens with two attached hydrogens (primary N) is 1. The highest BCUT2D eigenvalue weighted by molar-refractivity contribution is 8.00. The van der Waals surface area contributed by atoms with Crippen LogP contribution in [0.5, 0.6) is 0 Å². The van der Waals surface area contributed by atoms with E-state index in [0.717, 1.165) is 35.2 Å². The lowest BCUT2D eigenvalue weighted by Crippen LogP contribution is -2.55. The van der Waals surface area contributed by atoms with Gasteiger partial charge in [0.15, 0.2) is 4.34 Å². The maximum atomic E-state index is 11.6. The van der Waals surface area contributed by atoms with E-state index in [1.54, 1.807) is 11.8 Å². The summed E-state index contributed by atoms with van der Waals surface area (Å²) in [6.45, 7) is 7.96. The summed E-state index contributed by atoms with van der Waals surface area (Å²) >= 11 is 3.14. The molecule has 0 aliphatic carbocycles. The number of primary amides is 1. The molecule has 1 aromatic rings. The smallest absolute Gasteiger partial charge is 0.237 e. The number of carbonyl (C=O) groups excluding carboxylic acids is 1. The van der Waals surface area contributed by atoms with Crippen molar-refractivity contribution in [2.45, 2.75) is 62.9 Å². The van der Waals surface area contributed by atoms with Gasteiger partial charge in [0.1, 0.15) is 5.82 Å². The zero-order valence-electron chi connectivity index (χ0n) is 12.6. The molecule has 0 spiro atoms. The zero-order chi connectivity index (χ0) is 15.2. The van der Waals surface area contributed by atoms with Gasteiger partial charge >= 0.3 is 0 Å². The van der Waals surface area contributed by atoms with Gasteiger partial charge in [-0.3, -0.25) is 4.79 Å². The molecule has 0 bridgehead atoms. The van der Waals surface area contributed by atoms with E-state index < -0.39 is 5.54 Å². The van der Waals surface area contributed by atoms with Crippen molar-refractivity contribution in [3.8, 4) is 0 Å². The van der Waals surface area contributed by atoms with Gasteiger partial charge in [0.05, 0.1) is 5.54 Å². The first-order valence-electron chi connectivity index (χ1n) is 6.90. The fourth-order valence-corrected chi connectivity index (χ4v) is 3.63. The van der Waals surface area contributed by atoms with Crippen molar-refractivity contribution in [2.75, 3.05) is 5.75 Å². The Bertz CT molecular complexity index is 436. The van der Waals surface area contributed by atoms with Crippen molar-refractivity contribution >= 4 is 29.2 Å². The predicted octanol–water partition coefficient (Wildman–Crippen LogP) is 2.21. The molecule has 114 valence electrons. The van der Waals surface area contributed by atoms with Gasteiger partial charge in [-0.05, 0) is 45.1 Å². The lowest BCUT2D eigenvalue weighted by Gasteiger charge is -2.29. The molecule has 0 radical (unpaired) electrons. The molecular formula is C13H24N4OS2.